The molecule has 0 aromatic heterocycles. The Morgan fingerprint density at radius 1 is 1.05 bits per heavy atom. The SMILES string of the molecule is O=C(C1CCC(F)(F)CC1)N1CCC2(CCNCC2)C1. The van der Waals surface area contributed by atoms with E-state index in [0.29, 0.717) is 18.3 Å². The van der Waals surface area contributed by atoms with Crippen LogP contribution >= 0.6 is 0 Å². The van der Waals surface area contributed by atoms with Crippen LogP contribution in [0.2, 0.25) is 0 Å². The van der Waals surface area contributed by atoms with Gasteiger partial charge in [-0.1, -0.05) is 0 Å². The van der Waals surface area contributed by atoms with Gasteiger partial charge in [-0.2, -0.15) is 0 Å². The molecule has 3 nitrogen and oxygen atoms in total. The maximum absolute atomic E-state index is 13.2. The Morgan fingerprint density at radius 3 is 2.35 bits per heavy atom. The third-order valence-electron chi connectivity index (χ3n) is 5.48. The molecule has 1 amide bonds. The second kappa shape index (κ2) is 5.24. The fourth-order valence-electron chi connectivity index (χ4n) is 4.03. The van der Waals surface area contributed by atoms with Gasteiger partial charge in [0.15, 0.2) is 0 Å². The molecule has 0 unspecified atom stereocenters. The molecule has 2 saturated heterocycles. The van der Waals surface area contributed by atoms with Crippen molar-refractivity contribution in [2.75, 3.05) is 26.2 Å². The van der Waals surface area contributed by atoms with Crippen molar-refractivity contribution in [3.8, 4) is 0 Å². The van der Waals surface area contributed by atoms with Crippen molar-refractivity contribution >= 4 is 5.91 Å². The highest BCUT2D eigenvalue weighted by Crippen LogP contribution is 2.41. The predicted molar refractivity (Wildman–Crippen MR) is 72.6 cm³/mol. The van der Waals surface area contributed by atoms with E-state index in [-0.39, 0.29) is 24.7 Å². The zero-order valence-electron chi connectivity index (χ0n) is 12.0. The first-order valence-corrected chi connectivity index (χ1v) is 7.87. The predicted octanol–water partition coefficient (Wildman–Crippen LogP) is 2.41. The fourth-order valence-corrected chi connectivity index (χ4v) is 4.03. The van der Waals surface area contributed by atoms with Crippen LogP contribution in [0.15, 0.2) is 0 Å². The van der Waals surface area contributed by atoms with Crippen molar-refractivity contribution in [3.63, 3.8) is 0 Å². The van der Waals surface area contributed by atoms with Crippen molar-refractivity contribution in [3.05, 3.63) is 0 Å². The third kappa shape index (κ3) is 2.83. The molecule has 114 valence electrons. The molecule has 3 rings (SSSR count). The lowest BCUT2D eigenvalue weighted by molar-refractivity contribution is -0.139. The maximum atomic E-state index is 13.2. The highest BCUT2D eigenvalue weighted by molar-refractivity contribution is 5.79. The Bertz CT molecular complexity index is 370. The summed E-state index contributed by atoms with van der Waals surface area (Å²) in [5.74, 6) is -2.57. The summed E-state index contributed by atoms with van der Waals surface area (Å²) in [7, 11) is 0. The Hall–Kier alpha value is -0.710. The largest absolute Gasteiger partial charge is 0.342 e. The van der Waals surface area contributed by atoms with Crippen molar-refractivity contribution in [2.45, 2.75) is 50.9 Å². The maximum Gasteiger partial charge on any atom is 0.248 e. The van der Waals surface area contributed by atoms with Gasteiger partial charge in [-0.15, -0.1) is 0 Å². The van der Waals surface area contributed by atoms with Crippen LogP contribution in [0.1, 0.15) is 44.9 Å². The van der Waals surface area contributed by atoms with E-state index in [9.17, 15) is 13.6 Å². The molecule has 1 saturated carbocycles. The van der Waals surface area contributed by atoms with Gasteiger partial charge >= 0.3 is 0 Å². The summed E-state index contributed by atoms with van der Waals surface area (Å²) in [6.07, 6.45) is 3.84. The molecule has 20 heavy (non-hydrogen) atoms. The van der Waals surface area contributed by atoms with Crippen LogP contribution in [0.5, 0.6) is 0 Å². The quantitative estimate of drug-likeness (QED) is 0.803. The Kier molecular flexibility index (Phi) is 3.73. The molecule has 3 fully saturated rings. The van der Waals surface area contributed by atoms with Gasteiger partial charge in [-0.3, -0.25) is 4.79 Å². The highest BCUT2D eigenvalue weighted by Gasteiger charge is 2.44. The number of rotatable bonds is 1. The summed E-state index contributed by atoms with van der Waals surface area (Å²) in [6, 6.07) is 0. The summed E-state index contributed by atoms with van der Waals surface area (Å²) in [5, 5.41) is 3.37. The van der Waals surface area contributed by atoms with E-state index in [4.69, 9.17) is 0 Å². The molecule has 3 aliphatic rings. The molecular weight excluding hydrogens is 262 g/mol. The Morgan fingerprint density at radius 2 is 1.70 bits per heavy atom. The zero-order chi connectivity index (χ0) is 14.2. The van der Waals surface area contributed by atoms with Gasteiger partial charge in [-0.05, 0) is 50.6 Å². The molecule has 1 spiro atoms. The summed E-state index contributed by atoms with van der Waals surface area (Å²) in [6.45, 7) is 3.75. The van der Waals surface area contributed by atoms with E-state index in [1.165, 1.54) is 0 Å². The van der Waals surface area contributed by atoms with Crippen molar-refractivity contribution < 1.29 is 13.6 Å². The number of nitrogens with zero attached hydrogens (tertiary/aromatic N) is 1. The molecule has 1 N–H and O–H groups in total. The van der Waals surface area contributed by atoms with Gasteiger partial charge in [-0.25, -0.2) is 8.78 Å². The van der Waals surface area contributed by atoms with Crippen LogP contribution in [0, 0.1) is 11.3 Å². The fraction of sp³-hybridized carbons (Fsp3) is 0.933. The molecule has 0 radical (unpaired) electrons. The van der Waals surface area contributed by atoms with E-state index in [2.05, 4.69) is 5.32 Å². The van der Waals surface area contributed by atoms with Gasteiger partial charge < -0.3 is 10.2 Å². The molecule has 2 heterocycles. The first-order chi connectivity index (χ1) is 9.50. The van der Waals surface area contributed by atoms with Crippen molar-refractivity contribution in [2.24, 2.45) is 11.3 Å². The van der Waals surface area contributed by atoms with Gasteiger partial charge in [0.1, 0.15) is 0 Å². The number of alkyl halides is 2. The average molecular weight is 286 g/mol. The topological polar surface area (TPSA) is 32.3 Å². The smallest absolute Gasteiger partial charge is 0.248 e. The van der Waals surface area contributed by atoms with Gasteiger partial charge in [0.05, 0.1) is 0 Å². The van der Waals surface area contributed by atoms with E-state index in [1.54, 1.807) is 0 Å². The van der Waals surface area contributed by atoms with Gasteiger partial charge in [0.25, 0.3) is 0 Å². The number of carbonyl (C=O) groups excluding carboxylic acids is 1. The van der Waals surface area contributed by atoms with E-state index < -0.39 is 5.92 Å². The van der Waals surface area contributed by atoms with Crippen molar-refractivity contribution in [1.29, 1.82) is 0 Å². The number of piperidine rings is 1. The minimum Gasteiger partial charge on any atom is -0.342 e. The van der Waals surface area contributed by atoms with Gasteiger partial charge in [0.2, 0.25) is 11.8 Å². The molecule has 2 aliphatic heterocycles. The molecule has 1 aliphatic carbocycles. The number of hydrogen-bond donors (Lipinski definition) is 1. The first-order valence-electron chi connectivity index (χ1n) is 7.87. The summed E-state index contributed by atoms with van der Waals surface area (Å²) in [5.41, 5.74) is 0.305. The molecule has 0 bridgehead atoms. The normalized spacial score (nSPS) is 29.8. The number of amides is 1. The second-order valence-corrected chi connectivity index (χ2v) is 6.89. The molecule has 0 aromatic carbocycles. The van der Waals surface area contributed by atoms with Crippen LogP contribution in [-0.2, 0) is 4.79 Å². The zero-order valence-corrected chi connectivity index (χ0v) is 12.0. The Balaban J connectivity index is 1.56. The number of halogens is 2. The molecule has 5 heteroatoms. The number of hydrogen-bond acceptors (Lipinski definition) is 2. The summed E-state index contributed by atoms with van der Waals surface area (Å²) < 4.78 is 26.3. The van der Waals surface area contributed by atoms with Crippen molar-refractivity contribution in [1.82, 2.24) is 10.2 Å². The second-order valence-electron chi connectivity index (χ2n) is 6.89. The lowest BCUT2D eigenvalue weighted by Gasteiger charge is -2.35. The third-order valence-corrected chi connectivity index (χ3v) is 5.48. The summed E-state index contributed by atoms with van der Waals surface area (Å²) >= 11 is 0. The minimum absolute atomic E-state index is 0.119. The Labute approximate surface area is 119 Å². The van der Waals surface area contributed by atoms with E-state index in [1.807, 2.05) is 4.90 Å². The molecule has 0 aromatic rings. The number of carbonyl (C=O) groups is 1. The minimum atomic E-state index is -2.54. The molecular formula is C15H24F2N2O. The lowest BCUT2D eigenvalue weighted by Crippen LogP contribution is -2.42. The molecule has 0 atom stereocenters. The van der Waals surface area contributed by atoms with Crippen LogP contribution in [0.3, 0.4) is 0 Å². The van der Waals surface area contributed by atoms with E-state index >= 15 is 0 Å². The van der Waals surface area contributed by atoms with Crippen LogP contribution in [-0.4, -0.2) is 42.9 Å². The number of nitrogens with one attached hydrogen (secondary N) is 1. The summed E-state index contributed by atoms with van der Waals surface area (Å²) in [4.78, 5) is 14.5. The van der Waals surface area contributed by atoms with Gasteiger partial charge in [0, 0.05) is 31.8 Å². The highest BCUT2D eigenvalue weighted by atomic mass is 19.3. The van der Waals surface area contributed by atoms with Crippen LogP contribution < -0.4 is 5.32 Å². The monoisotopic (exact) mass is 286 g/mol. The number of likely N-dealkylation sites (tertiary alicyclic amines) is 1. The standard InChI is InChI=1S/C15H24F2N2O/c16-15(17)3-1-12(2-4-15)13(20)19-10-7-14(11-19)5-8-18-9-6-14/h12,18H,1-11H2. The van der Waals surface area contributed by atoms with Crippen LogP contribution in [0.4, 0.5) is 8.78 Å². The lowest BCUT2D eigenvalue weighted by atomic mass is 9.78. The average Bonchev–Trinajstić information content (AvgIpc) is 2.83. The first kappa shape index (κ1) is 14.2. The van der Waals surface area contributed by atoms with Crippen LogP contribution in [0.25, 0.3) is 0 Å². The van der Waals surface area contributed by atoms with E-state index in [0.717, 1.165) is 45.4 Å².